The first-order valence-corrected chi connectivity index (χ1v) is 9.05. The second-order valence-electron chi connectivity index (χ2n) is 6.51. The Hall–Kier alpha value is -4.49. The van der Waals surface area contributed by atoms with Crippen molar-refractivity contribution in [3.8, 4) is 46.0 Å². The molecule has 0 unspecified atom stereocenters. The van der Waals surface area contributed by atoms with Crippen LogP contribution in [0.2, 0.25) is 0 Å². The molecule has 0 saturated carbocycles. The molecule has 0 saturated heterocycles. The molecule has 7 nitrogen and oxygen atoms in total. The number of aromatic amines is 1. The number of H-pyrrole nitrogens is 1. The van der Waals surface area contributed by atoms with Crippen LogP contribution in [0.1, 0.15) is 11.1 Å². The van der Waals surface area contributed by atoms with Gasteiger partial charge in [0.1, 0.15) is 23.5 Å². The standard InChI is InChI=1S/C23H17N5O2/c1-29-19-8-7-13(9-20(19)30-2)21-15(10-24)22(28-23(26)16(21)11-25)17-12-27-18-6-4-3-5-14(17)18/h3-9,12,27H,1-2H3,(H2,26,28). The van der Waals surface area contributed by atoms with E-state index in [4.69, 9.17) is 15.2 Å². The summed E-state index contributed by atoms with van der Waals surface area (Å²) in [6, 6.07) is 17.2. The lowest BCUT2D eigenvalue weighted by Crippen LogP contribution is -2.04. The monoisotopic (exact) mass is 395 g/mol. The van der Waals surface area contributed by atoms with Gasteiger partial charge in [0.2, 0.25) is 0 Å². The molecule has 0 aliphatic carbocycles. The van der Waals surface area contributed by atoms with E-state index < -0.39 is 0 Å². The van der Waals surface area contributed by atoms with Crippen molar-refractivity contribution in [3.05, 3.63) is 59.8 Å². The molecule has 0 spiro atoms. The molecule has 0 aliphatic heterocycles. The van der Waals surface area contributed by atoms with Crippen molar-refractivity contribution >= 4 is 16.7 Å². The van der Waals surface area contributed by atoms with Crippen LogP contribution in [0.5, 0.6) is 11.5 Å². The van der Waals surface area contributed by atoms with Gasteiger partial charge in [-0.05, 0) is 23.8 Å². The average Bonchev–Trinajstić information content (AvgIpc) is 3.21. The Morgan fingerprint density at radius 2 is 1.70 bits per heavy atom. The number of nitriles is 2. The zero-order valence-corrected chi connectivity index (χ0v) is 16.4. The Labute approximate surface area is 172 Å². The second-order valence-corrected chi connectivity index (χ2v) is 6.51. The highest BCUT2D eigenvalue weighted by Crippen LogP contribution is 2.40. The third-order valence-electron chi connectivity index (χ3n) is 4.97. The third kappa shape index (κ3) is 2.86. The summed E-state index contributed by atoms with van der Waals surface area (Å²) in [5, 5.41) is 20.7. The normalized spacial score (nSPS) is 10.4. The highest BCUT2D eigenvalue weighted by molar-refractivity contribution is 5.98. The summed E-state index contributed by atoms with van der Waals surface area (Å²) in [4.78, 5) is 7.61. The van der Waals surface area contributed by atoms with E-state index >= 15 is 0 Å². The summed E-state index contributed by atoms with van der Waals surface area (Å²) < 4.78 is 10.7. The molecule has 2 heterocycles. The van der Waals surface area contributed by atoms with Crippen LogP contribution in [-0.4, -0.2) is 24.2 Å². The van der Waals surface area contributed by atoms with Crippen molar-refractivity contribution in [2.75, 3.05) is 20.0 Å². The predicted molar refractivity (Wildman–Crippen MR) is 114 cm³/mol. The molecule has 0 atom stereocenters. The van der Waals surface area contributed by atoms with E-state index in [9.17, 15) is 10.5 Å². The van der Waals surface area contributed by atoms with E-state index in [1.54, 1.807) is 31.5 Å². The molecule has 30 heavy (non-hydrogen) atoms. The molecule has 0 fully saturated rings. The van der Waals surface area contributed by atoms with Crippen LogP contribution in [0, 0.1) is 22.7 Å². The number of aromatic nitrogens is 2. The number of anilines is 1. The quantitative estimate of drug-likeness (QED) is 0.533. The first-order valence-electron chi connectivity index (χ1n) is 9.05. The summed E-state index contributed by atoms with van der Waals surface area (Å²) in [5.74, 6) is 1.07. The maximum Gasteiger partial charge on any atom is 0.161 e. The number of para-hydroxylation sites is 1. The zero-order chi connectivity index (χ0) is 21.3. The lowest BCUT2D eigenvalue weighted by Gasteiger charge is -2.15. The fourth-order valence-corrected chi connectivity index (χ4v) is 3.57. The SMILES string of the molecule is COc1ccc(-c2c(C#N)c(N)nc(-c3c[nH]c4ccccc34)c2C#N)cc1OC. The molecule has 0 bridgehead atoms. The summed E-state index contributed by atoms with van der Waals surface area (Å²) in [6.45, 7) is 0. The molecule has 0 amide bonds. The van der Waals surface area contributed by atoms with E-state index in [0.717, 1.165) is 16.5 Å². The van der Waals surface area contributed by atoms with Gasteiger partial charge in [-0.3, -0.25) is 0 Å². The number of ether oxygens (including phenoxy) is 2. The first-order chi connectivity index (χ1) is 14.6. The van der Waals surface area contributed by atoms with Crippen LogP contribution in [0.4, 0.5) is 5.82 Å². The second kappa shape index (κ2) is 7.50. The molecule has 3 N–H and O–H groups in total. The van der Waals surface area contributed by atoms with Crippen molar-refractivity contribution in [1.29, 1.82) is 10.5 Å². The maximum absolute atomic E-state index is 10.1. The molecule has 0 aliphatic rings. The molecular weight excluding hydrogens is 378 g/mol. The molecule has 2 aromatic carbocycles. The third-order valence-corrected chi connectivity index (χ3v) is 4.97. The first kappa shape index (κ1) is 18.9. The van der Waals surface area contributed by atoms with Gasteiger partial charge in [0.25, 0.3) is 0 Å². The number of nitrogens with zero attached hydrogens (tertiary/aromatic N) is 3. The molecule has 7 heteroatoms. The van der Waals surface area contributed by atoms with E-state index in [1.807, 2.05) is 24.3 Å². The minimum absolute atomic E-state index is 0.0570. The molecule has 146 valence electrons. The molecule has 4 aromatic rings. The minimum Gasteiger partial charge on any atom is -0.493 e. The summed E-state index contributed by atoms with van der Waals surface area (Å²) in [6.07, 6.45) is 1.79. The smallest absolute Gasteiger partial charge is 0.161 e. The van der Waals surface area contributed by atoms with Crippen LogP contribution in [-0.2, 0) is 0 Å². The average molecular weight is 395 g/mol. The Kier molecular flexibility index (Phi) is 4.71. The number of benzene rings is 2. The van der Waals surface area contributed by atoms with Gasteiger partial charge in [-0.15, -0.1) is 0 Å². The summed E-state index contributed by atoms with van der Waals surface area (Å²) in [7, 11) is 3.06. The number of nitrogen functional groups attached to an aromatic ring is 1. The number of nitrogens with two attached hydrogens (primary N) is 1. The van der Waals surface area contributed by atoms with Crippen molar-refractivity contribution < 1.29 is 9.47 Å². The molecule has 2 aromatic heterocycles. The van der Waals surface area contributed by atoms with Crippen molar-refractivity contribution in [2.24, 2.45) is 0 Å². The van der Waals surface area contributed by atoms with E-state index in [2.05, 4.69) is 22.1 Å². The summed E-state index contributed by atoms with van der Waals surface area (Å²) >= 11 is 0. The number of pyridine rings is 1. The molecule has 0 radical (unpaired) electrons. The number of hydrogen-bond acceptors (Lipinski definition) is 6. The number of nitrogens with one attached hydrogen (secondary N) is 1. The minimum atomic E-state index is 0.0570. The van der Waals surface area contributed by atoms with Crippen LogP contribution in [0.15, 0.2) is 48.7 Å². The van der Waals surface area contributed by atoms with E-state index in [0.29, 0.717) is 28.3 Å². The Morgan fingerprint density at radius 1 is 0.967 bits per heavy atom. The maximum atomic E-state index is 10.1. The zero-order valence-electron chi connectivity index (χ0n) is 16.4. The molecule has 4 rings (SSSR count). The summed E-state index contributed by atoms with van der Waals surface area (Å²) in [5.41, 5.74) is 9.64. The Morgan fingerprint density at radius 3 is 2.40 bits per heavy atom. The van der Waals surface area contributed by atoms with Gasteiger partial charge in [-0.25, -0.2) is 4.98 Å². The van der Waals surface area contributed by atoms with Crippen molar-refractivity contribution in [2.45, 2.75) is 0 Å². The van der Waals surface area contributed by atoms with Gasteiger partial charge in [0, 0.05) is 28.2 Å². The Bertz CT molecular complexity index is 1360. The van der Waals surface area contributed by atoms with E-state index in [1.165, 1.54) is 7.11 Å². The fraction of sp³-hybridized carbons (Fsp3) is 0.0870. The number of methoxy groups -OCH3 is 2. The van der Waals surface area contributed by atoms with Gasteiger partial charge < -0.3 is 20.2 Å². The lowest BCUT2D eigenvalue weighted by molar-refractivity contribution is 0.355. The van der Waals surface area contributed by atoms with Gasteiger partial charge in [0.15, 0.2) is 11.5 Å². The highest BCUT2D eigenvalue weighted by Gasteiger charge is 2.23. The van der Waals surface area contributed by atoms with Crippen LogP contribution >= 0.6 is 0 Å². The lowest BCUT2D eigenvalue weighted by atomic mass is 9.92. The number of rotatable bonds is 4. The predicted octanol–water partition coefficient (Wildman–Crippen LogP) is 4.24. The van der Waals surface area contributed by atoms with Crippen LogP contribution < -0.4 is 15.2 Å². The van der Waals surface area contributed by atoms with Crippen molar-refractivity contribution in [3.63, 3.8) is 0 Å². The Balaban J connectivity index is 2.07. The van der Waals surface area contributed by atoms with Crippen LogP contribution in [0.3, 0.4) is 0 Å². The van der Waals surface area contributed by atoms with Gasteiger partial charge in [-0.1, -0.05) is 24.3 Å². The highest BCUT2D eigenvalue weighted by atomic mass is 16.5. The topological polar surface area (TPSA) is 121 Å². The van der Waals surface area contributed by atoms with Gasteiger partial charge in [0.05, 0.1) is 25.5 Å². The van der Waals surface area contributed by atoms with Crippen LogP contribution in [0.25, 0.3) is 33.3 Å². The largest absolute Gasteiger partial charge is 0.493 e. The number of fused-ring (bicyclic) bond motifs is 1. The van der Waals surface area contributed by atoms with Gasteiger partial charge >= 0.3 is 0 Å². The van der Waals surface area contributed by atoms with Gasteiger partial charge in [-0.2, -0.15) is 10.5 Å². The molecular formula is C23H17N5O2. The number of hydrogen-bond donors (Lipinski definition) is 2. The fourth-order valence-electron chi connectivity index (χ4n) is 3.57. The van der Waals surface area contributed by atoms with E-state index in [-0.39, 0.29) is 16.9 Å². The van der Waals surface area contributed by atoms with Crippen molar-refractivity contribution in [1.82, 2.24) is 9.97 Å².